The second-order valence-corrected chi connectivity index (χ2v) is 10.2. The molecule has 0 saturated carbocycles. The summed E-state index contributed by atoms with van der Waals surface area (Å²) < 4.78 is 0. The fourth-order valence-electron chi connectivity index (χ4n) is 4.83. The van der Waals surface area contributed by atoms with Crippen molar-refractivity contribution in [1.29, 1.82) is 0 Å². The Morgan fingerprint density at radius 2 is 2.00 bits per heavy atom. The maximum absolute atomic E-state index is 12.4. The molecule has 1 aromatic carbocycles. The van der Waals surface area contributed by atoms with Gasteiger partial charge < -0.3 is 10.6 Å². The number of aryl methyl sites for hydroxylation is 2. The summed E-state index contributed by atoms with van der Waals surface area (Å²) in [5, 5.41) is 9.72. The van der Waals surface area contributed by atoms with Crippen LogP contribution in [-0.4, -0.2) is 26.9 Å². The number of pyridine rings is 1. The van der Waals surface area contributed by atoms with Crippen molar-refractivity contribution in [2.24, 2.45) is 0 Å². The van der Waals surface area contributed by atoms with Crippen LogP contribution in [0, 0.1) is 0 Å². The van der Waals surface area contributed by atoms with E-state index in [1.54, 1.807) is 30.7 Å². The Balaban J connectivity index is 1.36. The topological polar surface area (TPSA) is 109 Å². The van der Waals surface area contributed by atoms with Crippen molar-refractivity contribution in [2.45, 2.75) is 44.7 Å². The Hall–Kier alpha value is -3.85. The summed E-state index contributed by atoms with van der Waals surface area (Å²) in [6, 6.07) is 11.1. The summed E-state index contributed by atoms with van der Waals surface area (Å²) in [4.78, 5) is 40.6. The minimum absolute atomic E-state index is 0.351. The molecule has 8 nitrogen and oxygen atoms in total. The van der Waals surface area contributed by atoms with Crippen molar-refractivity contribution >= 4 is 39.3 Å². The number of aromatic nitrogens is 3. The minimum Gasteiger partial charge on any atom is -0.365 e. The maximum atomic E-state index is 12.4. The van der Waals surface area contributed by atoms with Gasteiger partial charge in [0, 0.05) is 29.4 Å². The number of hydrogen-bond acceptors (Lipinski definition) is 7. The number of nitrogens with zero attached hydrogens (tertiary/aromatic N) is 3. The smallest absolute Gasteiger partial charge is 0.322 e. The van der Waals surface area contributed by atoms with Crippen molar-refractivity contribution in [3.05, 3.63) is 70.4 Å². The first-order valence-corrected chi connectivity index (χ1v) is 12.5. The van der Waals surface area contributed by atoms with Crippen molar-refractivity contribution in [2.75, 3.05) is 5.32 Å². The summed E-state index contributed by atoms with van der Waals surface area (Å²) >= 11 is 1.77. The van der Waals surface area contributed by atoms with E-state index in [9.17, 15) is 9.59 Å². The number of fused-ring (bicyclic) bond motifs is 3. The Morgan fingerprint density at radius 3 is 2.80 bits per heavy atom. The number of amides is 3. The largest absolute Gasteiger partial charge is 0.365 e. The molecule has 9 heteroatoms. The van der Waals surface area contributed by atoms with Crippen molar-refractivity contribution in [3.8, 4) is 11.4 Å². The lowest BCUT2D eigenvalue weighted by Gasteiger charge is -2.22. The van der Waals surface area contributed by atoms with Crippen LogP contribution in [0.3, 0.4) is 0 Å². The zero-order valence-electron chi connectivity index (χ0n) is 19.2. The third kappa shape index (κ3) is 3.81. The van der Waals surface area contributed by atoms with E-state index in [1.165, 1.54) is 23.3 Å². The average Bonchev–Trinajstić information content (AvgIpc) is 3.39. The first kappa shape index (κ1) is 21.7. The van der Waals surface area contributed by atoms with E-state index in [0.717, 1.165) is 45.6 Å². The second-order valence-electron chi connectivity index (χ2n) is 9.12. The number of carbonyl (C=O) groups is 2. The minimum atomic E-state index is -1.09. The highest BCUT2D eigenvalue weighted by molar-refractivity contribution is 7.19. The molecule has 1 atom stereocenters. The molecule has 1 aliphatic carbocycles. The van der Waals surface area contributed by atoms with Gasteiger partial charge in [0.25, 0.3) is 5.91 Å². The zero-order chi connectivity index (χ0) is 24.0. The van der Waals surface area contributed by atoms with E-state index in [2.05, 4.69) is 20.9 Å². The predicted molar refractivity (Wildman–Crippen MR) is 135 cm³/mol. The molecule has 3 aromatic heterocycles. The van der Waals surface area contributed by atoms with Gasteiger partial charge in [-0.2, -0.15) is 0 Å². The van der Waals surface area contributed by atoms with Crippen LogP contribution in [-0.2, 0) is 29.7 Å². The molecule has 1 aliphatic heterocycles. The molecular weight excluding hydrogens is 460 g/mol. The van der Waals surface area contributed by atoms with E-state index >= 15 is 0 Å². The highest BCUT2D eigenvalue weighted by atomic mass is 32.1. The van der Waals surface area contributed by atoms with E-state index < -0.39 is 11.6 Å². The maximum Gasteiger partial charge on any atom is 0.322 e. The van der Waals surface area contributed by atoms with Gasteiger partial charge in [0.1, 0.15) is 16.2 Å². The van der Waals surface area contributed by atoms with Crippen LogP contribution in [0.1, 0.15) is 41.3 Å². The lowest BCUT2D eigenvalue weighted by Crippen LogP contribution is -2.40. The molecule has 2 aliphatic rings. The van der Waals surface area contributed by atoms with Crippen LogP contribution >= 0.6 is 11.3 Å². The third-order valence-corrected chi connectivity index (χ3v) is 7.93. The molecule has 1 fully saturated rings. The van der Waals surface area contributed by atoms with Crippen LogP contribution < -0.4 is 16.0 Å². The van der Waals surface area contributed by atoms with E-state index in [0.29, 0.717) is 12.4 Å². The number of thiophene rings is 1. The second kappa shape index (κ2) is 8.42. The Labute approximate surface area is 206 Å². The average molecular weight is 485 g/mol. The molecule has 0 bridgehead atoms. The highest BCUT2D eigenvalue weighted by Gasteiger charge is 2.43. The monoisotopic (exact) mass is 484 g/mol. The molecule has 4 aromatic rings. The van der Waals surface area contributed by atoms with Crippen molar-refractivity contribution < 1.29 is 9.59 Å². The van der Waals surface area contributed by atoms with Gasteiger partial charge in [-0.25, -0.2) is 14.8 Å². The van der Waals surface area contributed by atoms with Gasteiger partial charge in [-0.3, -0.25) is 15.1 Å². The number of nitrogens with one attached hydrogen (secondary N) is 3. The number of imide groups is 1. The van der Waals surface area contributed by atoms with E-state index in [1.807, 2.05) is 36.4 Å². The lowest BCUT2D eigenvalue weighted by atomic mass is 9.91. The first-order chi connectivity index (χ1) is 17.0. The van der Waals surface area contributed by atoms with Gasteiger partial charge in [0.2, 0.25) is 0 Å². The Bertz CT molecular complexity index is 1470. The number of benzene rings is 1. The quantitative estimate of drug-likeness (QED) is 0.365. The molecule has 35 heavy (non-hydrogen) atoms. The molecule has 1 unspecified atom stereocenters. The standard InChI is InChI=1S/C26H24N6O2S/c1-26(24(33)31-25(34)32-26)17-8-4-6-15(12-17)13-28-22-20-18-9-2-3-10-19(18)35-23(20)30-21(29-22)16-7-5-11-27-14-16/h4-8,11-12,14H,2-3,9-10,13H2,1H3,(H,28,29,30)(H2,31,32,33,34). The summed E-state index contributed by atoms with van der Waals surface area (Å²) in [5.74, 6) is 1.12. The van der Waals surface area contributed by atoms with E-state index in [-0.39, 0.29) is 5.91 Å². The van der Waals surface area contributed by atoms with Crippen LogP contribution in [0.2, 0.25) is 0 Å². The van der Waals surface area contributed by atoms with Gasteiger partial charge in [-0.05, 0) is 61.4 Å². The first-order valence-electron chi connectivity index (χ1n) is 11.7. The molecular formula is C26H24N6O2S. The van der Waals surface area contributed by atoms with Crippen LogP contribution in [0.25, 0.3) is 21.6 Å². The number of anilines is 1. The SMILES string of the molecule is CC1(c2cccc(CNc3nc(-c4cccnc4)nc4sc5c(c34)CCCC5)c2)NC(=O)NC1=O. The number of rotatable bonds is 5. The Morgan fingerprint density at radius 1 is 1.11 bits per heavy atom. The number of urea groups is 1. The fourth-order valence-corrected chi connectivity index (χ4v) is 6.10. The number of hydrogen-bond donors (Lipinski definition) is 3. The van der Waals surface area contributed by atoms with E-state index in [4.69, 9.17) is 9.97 Å². The Kier molecular flexibility index (Phi) is 5.21. The van der Waals surface area contributed by atoms with Crippen LogP contribution in [0.5, 0.6) is 0 Å². The van der Waals surface area contributed by atoms with Crippen molar-refractivity contribution in [1.82, 2.24) is 25.6 Å². The van der Waals surface area contributed by atoms with Crippen LogP contribution in [0.4, 0.5) is 10.6 Å². The van der Waals surface area contributed by atoms with Gasteiger partial charge in [0.05, 0.1) is 5.39 Å². The highest BCUT2D eigenvalue weighted by Crippen LogP contribution is 2.39. The summed E-state index contributed by atoms with van der Waals surface area (Å²) in [5.41, 5.74) is 2.87. The normalized spacial score (nSPS) is 19.3. The third-order valence-electron chi connectivity index (χ3n) is 6.74. The van der Waals surface area contributed by atoms with Gasteiger partial charge in [-0.15, -0.1) is 11.3 Å². The van der Waals surface area contributed by atoms with Crippen molar-refractivity contribution in [3.63, 3.8) is 0 Å². The van der Waals surface area contributed by atoms with Crippen LogP contribution in [0.15, 0.2) is 48.8 Å². The molecule has 0 spiro atoms. The number of carbonyl (C=O) groups excluding carboxylic acids is 2. The molecule has 6 rings (SSSR count). The molecule has 3 amide bonds. The summed E-state index contributed by atoms with van der Waals surface area (Å²) in [6.07, 6.45) is 8.04. The summed E-state index contributed by atoms with van der Waals surface area (Å²) in [7, 11) is 0. The molecule has 0 radical (unpaired) electrons. The molecule has 4 heterocycles. The van der Waals surface area contributed by atoms with Gasteiger partial charge >= 0.3 is 6.03 Å². The molecule has 1 saturated heterocycles. The lowest BCUT2D eigenvalue weighted by molar-refractivity contribution is -0.123. The zero-order valence-corrected chi connectivity index (χ0v) is 20.0. The molecule has 3 N–H and O–H groups in total. The predicted octanol–water partition coefficient (Wildman–Crippen LogP) is 4.30. The molecule has 176 valence electrons. The van der Waals surface area contributed by atoms with Gasteiger partial charge in [-0.1, -0.05) is 24.3 Å². The summed E-state index contributed by atoms with van der Waals surface area (Å²) in [6.45, 7) is 2.23. The fraction of sp³-hybridized carbons (Fsp3) is 0.269. The van der Waals surface area contributed by atoms with Gasteiger partial charge in [0.15, 0.2) is 5.82 Å².